The van der Waals surface area contributed by atoms with E-state index in [1.54, 1.807) is 0 Å². The molecule has 1 aromatic carbocycles. The average Bonchev–Trinajstić information content (AvgIpc) is 2.37. The highest BCUT2D eigenvalue weighted by Gasteiger charge is 2.11. The predicted molar refractivity (Wildman–Crippen MR) is 67.8 cm³/mol. The number of amides is 1. The largest absolute Gasteiger partial charge is 0.481 e. The van der Waals surface area contributed by atoms with E-state index in [2.05, 4.69) is 10.1 Å². The number of carboxylic acids is 1. The van der Waals surface area contributed by atoms with Crippen LogP contribution in [0.15, 0.2) is 18.2 Å². The Morgan fingerprint density at radius 2 is 1.90 bits per heavy atom. The fourth-order valence-electron chi connectivity index (χ4n) is 1.56. The number of aliphatic carboxylic acids is 1. The molecule has 0 bridgehead atoms. The van der Waals surface area contributed by atoms with Crippen LogP contribution in [0, 0.1) is 5.82 Å². The molecule has 1 aromatic rings. The Morgan fingerprint density at radius 1 is 1.24 bits per heavy atom. The van der Waals surface area contributed by atoms with Gasteiger partial charge in [-0.25, -0.2) is 4.39 Å². The van der Waals surface area contributed by atoms with Gasteiger partial charge in [0.1, 0.15) is 0 Å². The molecule has 8 heteroatoms. The number of carbonyl (C=O) groups excluding carboxylic acids is 1. The lowest BCUT2D eigenvalue weighted by Gasteiger charge is -2.08. The molecule has 0 spiro atoms. The van der Waals surface area contributed by atoms with Crippen molar-refractivity contribution >= 4 is 17.6 Å². The number of hydrogen-bond acceptors (Lipinski definition) is 3. The first-order chi connectivity index (χ1) is 9.88. The molecular formula is C13H14F3NO4. The number of halogens is 3. The van der Waals surface area contributed by atoms with E-state index < -0.39 is 30.1 Å². The zero-order chi connectivity index (χ0) is 15.8. The van der Waals surface area contributed by atoms with Gasteiger partial charge in [0.05, 0.1) is 0 Å². The van der Waals surface area contributed by atoms with Crippen LogP contribution in [-0.4, -0.2) is 23.6 Å². The van der Waals surface area contributed by atoms with Crippen molar-refractivity contribution in [2.24, 2.45) is 0 Å². The minimum atomic E-state index is -3.13. The van der Waals surface area contributed by atoms with Crippen LogP contribution in [0.2, 0.25) is 0 Å². The average molecular weight is 305 g/mol. The standard InChI is InChI=1S/C13H14F3NO4/c14-9-7-8(5-6-10(9)21-13(15)16)17-11(18)3-1-2-4-12(19)20/h5-7,13H,1-4H2,(H,17,18)(H,19,20). The van der Waals surface area contributed by atoms with Crippen LogP contribution < -0.4 is 10.1 Å². The fourth-order valence-corrected chi connectivity index (χ4v) is 1.56. The molecule has 2 N–H and O–H groups in total. The highest BCUT2D eigenvalue weighted by molar-refractivity contribution is 5.90. The van der Waals surface area contributed by atoms with Crippen LogP contribution in [0.4, 0.5) is 18.9 Å². The molecule has 0 saturated heterocycles. The Morgan fingerprint density at radius 3 is 2.48 bits per heavy atom. The van der Waals surface area contributed by atoms with Gasteiger partial charge >= 0.3 is 12.6 Å². The summed E-state index contributed by atoms with van der Waals surface area (Å²) in [7, 11) is 0. The van der Waals surface area contributed by atoms with Crippen LogP contribution in [0.25, 0.3) is 0 Å². The first kappa shape index (κ1) is 16.8. The first-order valence-electron chi connectivity index (χ1n) is 6.14. The Balaban J connectivity index is 2.45. The van der Waals surface area contributed by atoms with E-state index in [0.29, 0.717) is 12.8 Å². The predicted octanol–water partition coefficient (Wildman–Crippen LogP) is 3.01. The third-order valence-corrected chi connectivity index (χ3v) is 2.48. The number of unbranched alkanes of at least 4 members (excludes halogenated alkanes) is 1. The zero-order valence-corrected chi connectivity index (χ0v) is 10.9. The highest BCUT2D eigenvalue weighted by Crippen LogP contribution is 2.23. The lowest BCUT2D eigenvalue weighted by atomic mass is 10.2. The summed E-state index contributed by atoms with van der Waals surface area (Å²) in [5, 5.41) is 10.8. The van der Waals surface area contributed by atoms with Gasteiger partial charge in [-0.2, -0.15) is 8.78 Å². The molecule has 116 valence electrons. The molecule has 0 unspecified atom stereocenters. The number of rotatable bonds is 8. The second kappa shape index (κ2) is 8.13. The van der Waals surface area contributed by atoms with Crippen molar-refractivity contribution < 1.29 is 32.6 Å². The Bertz CT molecular complexity index is 508. The van der Waals surface area contributed by atoms with Crippen molar-refractivity contribution in [3.8, 4) is 5.75 Å². The van der Waals surface area contributed by atoms with Crippen LogP contribution in [0.3, 0.4) is 0 Å². The van der Waals surface area contributed by atoms with Crippen molar-refractivity contribution in [3.05, 3.63) is 24.0 Å². The number of carboxylic acid groups (broad SMARTS) is 1. The molecule has 0 aliphatic rings. The van der Waals surface area contributed by atoms with Crippen LogP contribution >= 0.6 is 0 Å². The van der Waals surface area contributed by atoms with Gasteiger partial charge < -0.3 is 15.2 Å². The fraction of sp³-hybridized carbons (Fsp3) is 0.385. The Labute approximate surface area is 118 Å². The zero-order valence-electron chi connectivity index (χ0n) is 10.9. The summed E-state index contributed by atoms with van der Waals surface area (Å²) in [6.07, 6.45) is 0.803. The maximum absolute atomic E-state index is 13.4. The lowest BCUT2D eigenvalue weighted by molar-refractivity contribution is -0.137. The molecule has 0 aromatic heterocycles. The third kappa shape index (κ3) is 6.64. The number of carbonyl (C=O) groups is 2. The summed E-state index contributed by atoms with van der Waals surface area (Å²) >= 11 is 0. The summed E-state index contributed by atoms with van der Waals surface area (Å²) in [6, 6.07) is 3.09. The maximum atomic E-state index is 13.4. The van der Waals surface area contributed by atoms with Crippen molar-refractivity contribution in [2.45, 2.75) is 32.3 Å². The molecule has 0 fully saturated rings. The number of ether oxygens (including phenoxy) is 1. The topological polar surface area (TPSA) is 75.6 Å². The smallest absolute Gasteiger partial charge is 0.387 e. The summed E-state index contributed by atoms with van der Waals surface area (Å²) in [4.78, 5) is 21.8. The normalized spacial score (nSPS) is 10.5. The SMILES string of the molecule is O=C(O)CCCCC(=O)Nc1ccc(OC(F)F)c(F)c1. The third-order valence-electron chi connectivity index (χ3n) is 2.48. The first-order valence-corrected chi connectivity index (χ1v) is 6.14. The second-order valence-electron chi connectivity index (χ2n) is 4.17. The van der Waals surface area contributed by atoms with Gasteiger partial charge in [-0.3, -0.25) is 9.59 Å². The molecule has 0 atom stereocenters. The lowest BCUT2D eigenvalue weighted by Crippen LogP contribution is -2.12. The van der Waals surface area contributed by atoms with E-state index in [0.717, 1.165) is 12.1 Å². The molecule has 0 heterocycles. The molecule has 1 rings (SSSR count). The number of benzene rings is 1. The van der Waals surface area contributed by atoms with Gasteiger partial charge in [-0.05, 0) is 25.0 Å². The highest BCUT2D eigenvalue weighted by atomic mass is 19.3. The van der Waals surface area contributed by atoms with Gasteiger partial charge in [-0.15, -0.1) is 0 Å². The molecule has 21 heavy (non-hydrogen) atoms. The van der Waals surface area contributed by atoms with Gasteiger partial charge in [-0.1, -0.05) is 0 Å². The minimum Gasteiger partial charge on any atom is -0.481 e. The second-order valence-corrected chi connectivity index (χ2v) is 4.17. The van der Waals surface area contributed by atoms with Crippen LogP contribution in [0.5, 0.6) is 5.75 Å². The molecule has 0 aliphatic carbocycles. The van der Waals surface area contributed by atoms with E-state index in [1.165, 1.54) is 6.07 Å². The van der Waals surface area contributed by atoms with E-state index in [-0.39, 0.29) is 18.5 Å². The molecule has 0 radical (unpaired) electrons. The van der Waals surface area contributed by atoms with Gasteiger partial charge in [0.15, 0.2) is 11.6 Å². The van der Waals surface area contributed by atoms with E-state index >= 15 is 0 Å². The number of hydrogen-bond donors (Lipinski definition) is 2. The Hall–Kier alpha value is -2.25. The van der Waals surface area contributed by atoms with Gasteiger partial charge in [0.2, 0.25) is 5.91 Å². The maximum Gasteiger partial charge on any atom is 0.387 e. The molecular weight excluding hydrogens is 291 g/mol. The van der Waals surface area contributed by atoms with Crippen LogP contribution in [-0.2, 0) is 9.59 Å². The van der Waals surface area contributed by atoms with E-state index in [4.69, 9.17) is 5.11 Å². The van der Waals surface area contributed by atoms with Crippen molar-refractivity contribution in [1.29, 1.82) is 0 Å². The summed E-state index contributed by atoms with van der Waals surface area (Å²) in [5.74, 6) is -2.97. The molecule has 1 amide bonds. The molecule has 5 nitrogen and oxygen atoms in total. The van der Waals surface area contributed by atoms with Gasteiger partial charge in [0.25, 0.3) is 0 Å². The van der Waals surface area contributed by atoms with Gasteiger partial charge in [0, 0.05) is 24.6 Å². The summed E-state index contributed by atoms with van der Waals surface area (Å²) < 4.78 is 41.2. The number of anilines is 1. The van der Waals surface area contributed by atoms with Crippen molar-refractivity contribution in [1.82, 2.24) is 0 Å². The molecule has 0 aliphatic heterocycles. The summed E-state index contributed by atoms with van der Waals surface area (Å²) in [5.41, 5.74) is 0.109. The molecule has 0 saturated carbocycles. The van der Waals surface area contributed by atoms with Crippen LogP contribution in [0.1, 0.15) is 25.7 Å². The van der Waals surface area contributed by atoms with E-state index in [1.807, 2.05) is 0 Å². The monoisotopic (exact) mass is 305 g/mol. The Kier molecular flexibility index (Phi) is 6.51. The minimum absolute atomic E-state index is 0.0262. The quantitative estimate of drug-likeness (QED) is 0.724. The van der Waals surface area contributed by atoms with Crippen molar-refractivity contribution in [3.63, 3.8) is 0 Å². The van der Waals surface area contributed by atoms with E-state index in [9.17, 15) is 22.8 Å². The summed E-state index contributed by atoms with van der Waals surface area (Å²) in [6.45, 7) is -3.13. The van der Waals surface area contributed by atoms with Crippen molar-refractivity contribution in [2.75, 3.05) is 5.32 Å². The number of alkyl halides is 2. The number of nitrogens with one attached hydrogen (secondary N) is 1.